The van der Waals surface area contributed by atoms with Crippen LogP contribution in [-0.2, 0) is 0 Å². The second-order valence-electron chi connectivity index (χ2n) is 5.39. The van der Waals surface area contributed by atoms with E-state index < -0.39 is 11.7 Å². The number of halogens is 1. The summed E-state index contributed by atoms with van der Waals surface area (Å²) in [7, 11) is 0. The van der Waals surface area contributed by atoms with Crippen molar-refractivity contribution >= 4 is 22.9 Å². The minimum atomic E-state index is -0.796. The van der Waals surface area contributed by atoms with Crippen molar-refractivity contribution in [1.82, 2.24) is 15.3 Å². The maximum Gasteiger partial charge on any atom is 0.253 e. The predicted octanol–water partition coefficient (Wildman–Crippen LogP) is 0.351. The van der Waals surface area contributed by atoms with Gasteiger partial charge < -0.3 is 20.9 Å². The quantitative estimate of drug-likeness (QED) is 0.738. The largest absolute Gasteiger partial charge is 0.365 e. The van der Waals surface area contributed by atoms with Crippen LogP contribution in [0.4, 0.5) is 10.3 Å². The molecule has 20 heavy (non-hydrogen) atoms. The van der Waals surface area contributed by atoms with Crippen LogP contribution in [0.2, 0.25) is 0 Å². The van der Waals surface area contributed by atoms with Gasteiger partial charge in [0.1, 0.15) is 16.9 Å². The van der Waals surface area contributed by atoms with Gasteiger partial charge in [-0.1, -0.05) is 0 Å². The smallest absolute Gasteiger partial charge is 0.253 e. The number of nitrogens with two attached hydrogens (primary N) is 1. The normalized spacial score (nSPS) is 24.8. The molecule has 1 aromatic carbocycles. The molecule has 6 nitrogen and oxygen atoms in total. The topological polar surface area (TPSA) is 87.0 Å². The molecule has 0 spiro atoms. The highest BCUT2D eigenvalue weighted by molar-refractivity contribution is 6.04. The number of hydrogen-bond donors (Lipinski definition) is 3. The lowest BCUT2D eigenvalue weighted by Gasteiger charge is -2.26. The van der Waals surface area contributed by atoms with E-state index in [0.717, 1.165) is 19.5 Å². The molecule has 2 aromatic rings. The number of amides is 1. The molecule has 4 rings (SSSR count). The molecule has 2 saturated heterocycles. The molecule has 2 bridgehead atoms. The van der Waals surface area contributed by atoms with Gasteiger partial charge in [-0.15, -0.1) is 0 Å². The van der Waals surface area contributed by atoms with Crippen molar-refractivity contribution in [1.29, 1.82) is 0 Å². The van der Waals surface area contributed by atoms with E-state index in [1.807, 2.05) is 0 Å². The standard InChI is InChI=1S/C13H14FN5O/c14-8-1-2-9-11(10(8)12(15)20)18-13(17-9)19-5-6-3-7(19)4-16-6/h1-2,6-7,16H,3-5H2,(H2,15,20)(H,17,18)/t6-,7-/m0/s1. The molecule has 104 valence electrons. The second-order valence-corrected chi connectivity index (χ2v) is 5.39. The number of H-pyrrole nitrogens is 1. The maximum atomic E-state index is 13.7. The molecule has 4 N–H and O–H groups in total. The van der Waals surface area contributed by atoms with Gasteiger partial charge in [0.05, 0.1) is 5.52 Å². The highest BCUT2D eigenvalue weighted by Gasteiger charge is 2.39. The lowest BCUT2D eigenvalue weighted by atomic mass is 10.1. The van der Waals surface area contributed by atoms with E-state index >= 15 is 0 Å². The second kappa shape index (κ2) is 3.92. The first-order valence-electron chi connectivity index (χ1n) is 6.61. The van der Waals surface area contributed by atoms with E-state index in [4.69, 9.17) is 5.73 Å². The number of carbonyl (C=O) groups is 1. The van der Waals surface area contributed by atoms with Crippen LogP contribution in [0.3, 0.4) is 0 Å². The maximum absolute atomic E-state index is 13.7. The summed E-state index contributed by atoms with van der Waals surface area (Å²) in [5, 5.41) is 3.41. The number of hydrogen-bond acceptors (Lipinski definition) is 4. The fraction of sp³-hybridized carbons (Fsp3) is 0.385. The Morgan fingerprint density at radius 2 is 2.35 bits per heavy atom. The fourth-order valence-electron chi connectivity index (χ4n) is 3.23. The summed E-state index contributed by atoms with van der Waals surface area (Å²) >= 11 is 0. The Bertz CT molecular complexity index is 712. The molecule has 3 heterocycles. The minimum absolute atomic E-state index is 0.146. The number of primary amides is 1. The molecule has 0 aliphatic carbocycles. The summed E-state index contributed by atoms with van der Waals surface area (Å²) in [6.07, 6.45) is 1.09. The number of rotatable bonds is 2. The molecule has 0 unspecified atom stereocenters. The molecule has 1 aromatic heterocycles. The summed E-state index contributed by atoms with van der Waals surface area (Å²) < 4.78 is 13.7. The van der Waals surface area contributed by atoms with Crippen LogP contribution in [0.1, 0.15) is 16.8 Å². The summed E-state index contributed by atoms with van der Waals surface area (Å²) in [5.41, 5.74) is 6.04. The van der Waals surface area contributed by atoms with E-state index in [0.29, 0.717) is 29.1 Å². The van der Waals surface area contributed by atoms with Crippen LogP contribution >= 0.6 is 0 Å². The van der Waals surface area contributed by atoms with Crippen LogP contribution in [-0.4, -0.2) is 41.0 Å². The lowest BCUT2D eigenvalue weighted by molar-refractivity contribution is 0.0998. The fourth-order valence-corrected chi connectivity index (χ4v) is 3.23. The number of aromatic amines is 1. The van der Waals surface area contributed by atoms with Crippen LogP contribution < -0.4 is 16.0 Å². The van der Waals surface area contributed by atoms with Crippen molar-refractivity contribution in [2.24, 2.45) is 5.73 Å². The Kier molecular flexibility index (Phi) is 2.29. The number of nitrogens with zero attached hydrogens (tertiary/aromatic N) is 2. The van der Waals surface area contributed by atoms with Crippen molar-refractivity contribution in [2.45, 2.75) is 18.5 Å². The molecule has 1 amide bonds. The number of fused-ring (bicyclic) bond motifs is 3. The Balaban J connectivity index is 1.83. The first-order valence-corrected chi connectivity index (χ1v) is 6.61. The number of piperazine rings is 1. The summed E-state index contributed by atoms with van der Waals surface area (Å²) in [4.78, 5) is 21.1. The molecule has 0 saturated carbocycles. The lowest BCUT2D eigenvalue weighted by Crippen LogP contribution is -2.44. The molecule has 2 aliphatic rings. The van der Waals surface area contributed by atoms with Crippen molar-refractivity contribution < 1.29 is 9.18 Å². The molecule has 0 radical (unpaired) electrons. The number of nitrogens with one attached hydrogen (secondary N) is 2. The van der Waals surface area contributed by atoms with Gasteiger partial charge in [-0.2, -0.15) is 0 Å². The third kappa shape index (κ3) is 1.53. The van der Waals surface area contributed by atoms with Gasteiger partial charge in [0.25, 0.3) is 5.91 Å². The van der Waals surface area contributed by atoms with Crippen LogP contribution in [0.25, 0.3) is 11.0 Å². The van der Waals surface area contributed by atoms with E-state index in [1.54, 1.807) is 6.07 Å². The average molecular weight is 275 g/mol. The Morgan fingerprint density at radius 1 is 1.50 bits per heavy atom. The zero-order valence-corrected chi connectivity index (χ0v) is 10.7. The predicted molar refractivity (Wildman–Crippen MR) is 72.1 cm³/mol. The third-order valence-electron chi connectivity index (χ3n) is 4.17. The molecular weight excluding hydrogens is 261 g/mol. The van der Waals surface area contributed by atoms with Gasteiger partial charge in [-0.05, 0) is 18.6 Å². The van der Waals surface area contributed by atoms with Crippen molar-refractivity contribution in [3.05, 3.63) is 23.5 Å². The van der Waals surface area contributed by atoms with Gasteiger partial charge in [0.15, 0.2) is 0 Å². The van der Waals surface area contributed by atoms with Gasteiger partial charge in [0, 0.05) is 25.2 Å². The van der Waals surface area contributed by atoms with Crippen LogP contribution in [0.5, 0.6) is 0 Å². The molecule has 2 fully saturated rings. The molecule has 2 atom stereocenters. The number of anilines is 1. The van der Waals surface area contributed by atoms with E-state index in [1.165, 1.54) is 6.07 Å². The van der Waals surface area contributed by atoms with Gasteiger partial charge >= 0.3 is 0 Å². The van der Waals surface area contributed by atoms with Crippen molar-refractivity contribution in [3.63, 3.8) is 0 Å². The minimum Gasteiger partial charge on any atom is -0.365 e. The Morgan fingerprint density at radius 3 is 3.00 bits per heavy atom. The SMILES string of the molecule is NC(=O)c1c(F)ccc2[nH]c(N3C[C@@H]4C[C@H]3CN4)nc12. The molecule has 7 heteroatoms. The van der Waals surface area contributed by atoms with Crippen molar-refractivity contribution in [2.75, 3.05) is 18.0 Å². The first kappa shape index (κ1) is 11.7. The Labute approximate surface area is 114 Å². The number of aromatic nitrogens is 2. The highest BCUT2D eigenvalue weighted by atomic mass is 19.1. The Hall–Kier alpha value is -2.15. The average Bonchev–Trinajstić information content (AvgIpc) is 3.11. The first-order chi connectivity index (χ1) is 9.63. The third-order valence-corrected chi connectivity index (χ3v) is 4.17. The van der Waals surface area contributed by atoms with Gasteiger partial charge in [-0.3, -0.25) is 4.79 Å². The van der Waals surface area contributed by atoms with Crippen LogP contribution in [0, 0.1) is 5.82 Å². The molecular formula is C13H14FN5O. The van der Waals surface area contributed by atoms with E-state index in [2.05, 4.69) is 20.2 Å². The van der Waals surface area contributed by atoms with E-state index in [9.17, 15) is 9.18 Å². The van der Waals surface area contributed by atoms with Gasteiger partial charge in [-0.25, -0.2) is 9.37 Å². The summed E-state index contributed by atoms with van der Waals surface area (Å²) in [6, 6.07) is 3.71. The number of carbonyl (C=O) groups excluding carboxylic acids is 1. The zero-order chi connectivity index (χ0) is 13.9. The number of benzene rings is 1. The van der Waals surface area contributed by atoms with Crippen LogP contribution in [0.15, 0.2) is 12.1 Å². The van der Waals surface area contributed by atoms with E-state index in [-0.39, 0.29) is 5.56 Å². The van der Waals surface area contributed by atoms with Crippen molar-refractivity contribution in [3.8, 4) is 0 Å². The van der Waals surface area contributed by atoms with Gasteiger partial charge in [0.2, 0.25) is 5.95 Å². The summed E-state index contributed by atoms with van der Waals surface area (Å²) in [5.74, 6) is -0.745. The number of imidazole rings is 1. The zero-order valence-electron chi connectivity index (χ0n) is 10.7. The molecule has 2 aliphatic heterocycles. The monoisotopic (exact) mass is 275 g/mol. The highest BCUT2D eigenvalue weighted by Crippen LogP contribution is 2.30. The summed E-state index contributed by atoms with van der Waals surface area (Å²) in [6.45, 7) is 1.80.